The largest absolute Gasteiger partial charge is 0.405 e. The number of hydrogen-bond donors (Lipinski definition) is 2. The zero-order chi connectivity index (χ0) is 12.4. The van der Waals surface area contributed by atoms with E-state index in [2.05, 4.69) is 5.32 Å². The highest BCUT2D eigenvalue weighted by atomic mass is 19.4. The fourth-order valence-electron chi connectivity index (χ4n) is 2.02. The standard InChI is InChI=1S/C10H17F3N2O/c1-7(2)9(3-4-14-5-9)8(16)15-6-10(11,12)13/h7,14H,3-6H2,1-2H3,(H,15,16). The molecule has 0 bridgehead atoms. The molecule has 0 saturated carbocycles. The Morgan fingerprint density at radius 3 is 2.50 bits per heavy atom. The molecule has 6 heteroatoms. The summed E-state index contributed by atoms with van der Waals surface area (Å²) in [4.78, 5) is 11.8. The predicted molar refractivity (Wildman–Crippen MR) is 53.8 cm³/mol. The first-order chi connectivity index (χ1) is 7.28. The molecule has 0 aromatic rings. The van der Waals surface area contributed by atoms with Gasteiger partial charge >= 0.3 is 6.18 Å². The van der Waals surface area contributed by atoms with Crippen molar-refractivity contribution < 1.29 is 18.0 Å². The highest BCUT2D eigenvalue weighted by Gasteiger charge is 2.44. The normalized spacial score (nSPS) is 26.1. The fourth-order valence-corrected chi connectivity index (χ4v) is 2.02. The number of carbonyl (C=O) groups excluding carboxylic acids is 1. The second-order valence-corrected chi connectivity index (χ2v) is 4.54. The summed E-state index contributed by atoms with van der Waals surface area (Å²) in [5.41, 5.74) is -0.689. The summed E-state index contributed by atoms with van der Waals surface area (Å²) in [5, 5.41) is 5.01. The molecule has 1 rings (SSSR count). The molecule has 1 aliphatic rings. The van der Waals surface area contributed by atoms with Crippen molar-refractivity contribution in [1.82, 2.24) is 10.6 Å². The third-order valence-electron chi connectivity index (χ3n) is 3.20. The van der Waals surface area contributed by atoms with E-state index in [4.69, 9.17) is 0 Å². The summed E-state index contributed by atoms with van der Waals surface area (Å²) >= 11 is 0. The van der Waals surface area contributed by atoms with Crippen LogP contribution in [0.3, 0.4) is 0 Å². The van der Waals surface area contributed by atoms with Gasteiger partial charge in [0.05, 0.1) is 5.41 Å². The van der Waals surface area contributed by atoms with Crippen LogP contribution in [0.15, 0.2) is 0 Å². The highest BCUT2D eigenvalue weighted by molar-refractivity contribution is 5.83. The van der Waals surface area contributed by atoms with Crippen LogP contribution in [0.5, 0.6) is 0 Å². The molecule has 1 atom stereocenters. The summed E-state index contributed by atoms with van der Waals surface area (Å²) in [5.74, 6) is -0.472. The Kier molecular flexibility index (Phi) is 3.83. The van der Waals surface area contributed by atoms with E-state index in [0.29, 0.717) is 19.5 Å². The van der Waals surface area contributed by atoms with Gasteiger partial charge in [0, 0.05) is 6.54 Å². The molecule has 0 aliphatic carbocycles. The molecule has 0 spiro atoms. The van der Waals surface area contributed by atoms with E-state index in [1.165, 1.54) is 0 Å². The molecule has 1 unspecified atom stereocenters. The quantitative estimate of drug-likeness (QED) is 0.778. The van der Waals surface area contributed by atoms with Gasteiger partial charge in [0.1, 0.15) is 6.54 Å². The highest BCUT2D eigenvalue weighted by Crippen LogP contribution is 2.34. The molecule has 1 aliphatic heterocycles. The minimum Gasteiger partial charge on any atom is -0.346 e. The first kappa shape index (κ1) is 13.3. The SMILES string of the molecule is CC(C)C1(C(=O)NCC(F)(F)F)CCNC1. The van der Waals surface area contributed by atoms with Crippen LogP contribution < -0.4 is 10.6 Å². The van der Waals surface area contributed by atoms with E-state index in [0.717, 1.165) is 0 Å². The number of carbonyl (C=O) groups is 1. The number of hydrogen-bond acceptors (Lipinski definition) is 2. The van der Waals surface area contributed by atoms with Gasteiger partial charge in [0.25, 0.3) is 0 Å². The van der Waals surface area contributed by atoms with Crippen molar-refractivity contribution in [1.29, 1.82) is 0 Å². The predicted octanol–water partition coefficient (Wildman–Crippen LogP) is 1.30. The van der Waals surface area contributed by atoms with Crippen molar-refractivity contribution in [3.63, 3.8) is 0 Å². The van der Waals surface area contributed by atoms with E-state index >= 15 is 0 Å². The average molecular weight is 238 g/mol. The van der Waals surface area contributed by atoms with Gasteiger partial charge in [-0.3, -0.25) is 4.79 Å². The molecule has 3 nitrogen and oxygen atoms in total. The van der Waals surface area contributed by atoms with Crippen LogP contribution in [0.2, 0.25) is 0 Å². The molecule has 0 aromatic heterocycles. The zero-order valence-corrected chi connectivity index (χ0v) is 9.45. The van der Waals surface area contributed by atoms with Gasteiger partial charge in [-0.1, -0.05) is 13.8 Å². The van der Waals surface area contributed by atoms with Gasteiger partial charge in [-0.05, 0) is 18.9 Å². The van der Waals surface area contributed by atoms with Crippen LogP contribution in [0.4, 0.5) is 13.2 Å². The zero-order valence-electron chi connectivity index (χ0n) is 9.45. The van der Waals surface area contributed by atoms with Crippen LogP contribution >= 0.6 is 0 Å². The first-order valence-corrected chi connectivity index (χ1v) is 5.34. The Balaban J connectivity index is 2.63. The monoisotopic (exact) mass is 238 g/mol. The molecule has 1 heterocycles. The number of alkyl halides is 3. The number of nitrogens with one attached hydrogen (secondary N) is 2. The van der Waals surface area contributed by atoms with E-state index in [9.17, 15) is 18.0 Å². The Hall–Kier alpha value is -0.780. The maximum atomic E-state index is 12.0. The Bertz CT molecular complexity index is 257. The lowest BCUT2D eigenvalue weighted by Gasteiger charge is -2.31. The lowest BCUT2D eigenvalue weighted by molar-refractivity contribution is -0.145. The summed E-state index contributed by atoms with van der Waals surface area (Å²) < 4.78 is 36.0. The van der Waals surface area contributed by atoms with Crippen LogP contribution in [0.25, 0.3) is 0 Å². The van der Waals surface area contributed by atoms with E-state index < -0.39 is 24.0 Å². The van der Waals surface area contributed by atoms with Crippen molar-refractivity contribution in [2.45, 2.75) is 26.4 Å². The van der Waals surface area contributed by atoms with Crippen LogP contribution in [-0.4, -0.2) is 31.7 Å². The minimum absolute atomic E-state index is 0.0238. The van der Waals surface area contributed by atoms with Gasteiger partial charge in [-0.2, -0.15) is 13.2 Å². The Morgan fingerprint density at radius 1 is 1.50 bits per heavy atom. The number of halogens is 3. The smallest absolute Gasteiger partial charge is 0.346 e. The van der Waals surface area contributed by atoms with Crippen molar-refractivity contribution >= 4 is 5.91 Å². The van der Waals surface area contributed by atoms with Crippen LogP contribution in [-0.2, 0) is 4.79 Å². The minimum atomic E-state index is -4.35. The lowest BCUT2D eigenvalue weighted by Crippen LogP contribution is -2.48. The summed E-state index contributed by atoms with van der Waals surface area (Å²) in [6.07, 6.45) is -3.76. The fraction of sp³-hybridized carbons (Fsp3) is 0.900. The Morgan fingerprint density at radius 2 is 2.12 bits per heavy atom. The van der Waals surface area contributed by atoms with Gasteiger partial charge in [-0.25, -0.2) is 0 Å². The topological polar surface area (TPSA) is 41.1 Å². The maximum Gasteiger partial charge on any atom is 0.405 e. The summed E-state index contributed by atoms with van der Waals surface area (Å²) in [7, 11) is 0. The lowest BCUT2D eigenvalue weighted by atomic mass is 9.75. The third-order valence-corrected chi connectivity index (χ3v) is 3.20. The van der Waals surface area contributed by atoms with Crippen molar-refractivity contribution in [3.8, 4) is 0 Å². The van der Waals surface area contributed by atoms with E-state index in [-0.39, 0.29) is 5.92 Å². The van der Waals surface area contributed by atoms with Crippen molar-refractivity contribution in [3.05, 3.63) is 0 Å². The average Bonchev–Trinajstić information content (AvgIpc) is 2.62. The van der Waals surface area contributed by atoms with Gasteiger partial charge in [-0.15, -0.1) is 0 Å². The second-order valence-electron chi connectivity index (χ2n) is 4.54. The molecule has 16 heavy (non-hydrogen) atoms. The second kappa shape index (κ2) is 4.61. The van der Waals surface area contributed by atoms with Gasteiger partial charge < -0.3 is 10.6 Å². The van der Waals surface area contributed by atoms with E-state index in [1.807, 2.05) is 19.2 Å². The Labute approximate surface area is 92.8 Å². The van der Waals surface area contributed by atoms with Crippen molar-refractivity contribution in [2.24, 2.45) is 11.3 Å². The molecule has 0 radical (unpaired) electrons. The van der Waals surface area contributed by atoms with Crippen LogP contribution in [0.1, 0.15) is 20.3 Å². The molecular formula is C10H17F3N2O. The molecule has 1 saturated heterocycles. The van der Waals surface area contributed by atoms with Gasteiger partial charge in [0.2, 0.25) is 5.91 Å². The molecular weight excluding hydrogens is 221 g/mol. The summed E-state index contributed by atoms with van der Waals surface area (Å²) in [6, 6.07) is 0. The van der Waals surface area contributed by atoms with Crippen molar-refractivity contribution in [2.75, 3.05) is 19.6 Å². The molecule has 2 N–H and O–H groups in total. The molecule has 1 fully saturated rings. The number of rotatable bonds is 3. The number of amides is 1. The first-order valence-electron chi connectivity index (χ1n) is 5.34. The third kappa shape index (κ3) is 2.87. The van der Waals surface area contributed by atoms with Crippen LogP contribution in [0, 0.1) is 11.3 Å². The molecule has 94 valence electrons. The summed E-state index contributed by atoms with van der Waals surface area (Å²) in [6.45, 7) is 3.60. The molecule has 1 amide bonds. The maximum absolute atomic E-state index is 12.0. The van der Waals surface area contributed by atoms with E-state index in [1.54, 1.807) is 0 Å². The molecule has 0 aromatic carbocycles. The van der Waals surface area contributed by atoms with Gasteiger partial charge in [0.15, 0.2) is 0 Å².